The van der Waals surface area contributed by atoms with Crippen LogP contribution < -0.4 is 20.7 Å². The first-order valence-corrected chi connectivity index (χ1v) is 21.6. The number of hydrogen-bond acceptors (Lipinski definition) is 19. The van der Waals surface area contributed by atoms with Gasteiger partial charge >= 0.3 is 29.8 Å². The Balaban J connectivity index is 1.50. The lowest BCUT2D eigenvalue weighted by Gasteiger charge is -2.16. The first kappa shape index (κ1) is 50.4. The van der Waals surface area contributed by atoms with Gasteiger partial charge in [0.25, 0.3) is 10.1 Å². The maximum absolute atomic E-state index is 11.9. The second-order valence-electron chi connectivity index (χ2n) is 14.6. The van der Waals surface area contributed by atoms with Gasteiger partial charge in [-0.2, -0.15) is 33.6 Å². The van der Waals surface area contributed by atoms with Crippen LogP contribution in [-0.4, -0.2) is 107 Å². The predicted molar refractivity (Wildman–Crippen MR) is 241 cm³/mol. The molecule has 10 N–H and O–H groups in total. The van der Waals surface area contributed by atoms with E-state index < -0.39 is 51.5 Å². The molecule has 25 nitrogen and oxygen atoms in total. The number of rotatable bonds is 24. The van der Waals surface area contributed by atoms with Crippen molar-refractivity contribution in [2.24, 2.45) is 20.5 Å². The standard InChI is InChI=1S/C42H42N10O15S/c1-21-15-31(33(53)19-27(21)49-51-29-17-23(36(56)57)8-10-25(29)38(60)61)44-41-46-40(43-12-5-3-4-7-35(54)55)47-42(48-41)45-32-16-22(2)28(20-34(32)67-13-6-14-68(64,65)66)50-52-30-18-24(37(58)59)9-11-26(30)39(62)63/h8-11,15-20,53H,3-7,12-14H2,1-2H3,(H,54,55)(H,56,57)(H,58,59)(H,60,61)(H,62,63)(H,64,65,66)(H3,43,44,45,46,47,48). The number of carboxylic acids is 5. The van der Waals surface area contributed by atoms with Crippen LogP contribution in [0.4, 0.5) is 52.0 Å². The smallest absolute Gasteiger partial charge is 0.337 e. The number of anilines is 5. The van der Waals surface area contributed by atoms with Crippen molar-refractivity contribution in [3.8, 4) is 11.5 Å². The number of phenolic OH excluding ortho intramolecular Hbond substituents is 1. The van der Waals surface area contributed by atoms with Crippen molar-refractivity contribution in [3.63, 3.8) is 0 Å². The van der Waals surface area contributed by atoms with Crippen LogP contribution in [0.2, 0.25) is 0 Å². The average Bonchev–Trinajstić information content (AvgIpc) is 3.26. The Hall–Kier alpha value is -8.65. The fourth-order valence-electron chi connectivity index (χ4n) is 5.98. The number of hydrogen-bond donors (Lipinski definition) is 10. The summed E-state index contributed by atoms with van der Waals surface area (Å²) in [5, 5.41) is 83.3. The summed E-state index contributed by atoms with van der Waals surface area (Å²) in [6, 6.07) is 12.0. The number of ether oxygens (including phenoxy) is 1. The van der Waals surface area contributed by atoms with Crippen LogP contribution in [0.3, 0.4) is 0 Å². The number of azo groups is 2. The molecule has 5 aromatic rings. The summed E-state index contributed by atoms with van der Waals surface area (Å²) < 4.78 is 38.0. The van der Waals surface area contributed by atoms with Crippen molar-refractivity contribution in [1.29, 1.82) is 0 Å². The topological polar surface area (TPSA) is 395 Å². The molecule has 0 saturated carbocycles. The van der Waals surface area contributed by atoms with E-state index in [9.17, 15) is 62.5 Å². The molecule has 0 amide bonds. The minimum Gasteiger partial charge on any atom is -0.506 e. The molecule has 5 rings (SSSR count). The van der Waals surface area contributed by atoms with E-state index >= 15 is 0 Å². The van der Waals surface area contributed by atoms with Crippen molar-refractivity contribution in [2.45, 2.75) is 46.0 Å². The van der Waals surface area contributed by atoms with Gasteiger partial charge in [-0.05, 0) is 92.8 Å². The van der Waals surface area contributed by atoms with E-state index in [-0.39, 0.29) is 99.4 Å². The van der Waals surface area contributed by atoms with Crippen LogP contribution in [-0.2, 0) is 14.9 Å². The number of phenols is 1. The van der Waals surface area contributed by atoms with Crippen molar-refractivity contribution in [1.82, 2.24) is 15.0 Å². The molecule has 0 atom stereocenters. The van der Waals surface area contributed by atoms with Crippen molar-refractivity contribution >= 4 is 91.9 Å². The van der Waals surface area contributed by atoms with Gasteiger partial charge in [0.15, 0.2) is 0 Å². The SMILES string of the molecule is Cc1cc(Nc2nc(NCCCCCC(=O)O)nc(Nc3cc(C)c(N=Nc4cc(C(=O)O)ccc4C(=O)O)cc3OCCCS(=O)(=O)O)n2)c(O)cc1N=Nc1cc(C(=O)O)ccc1C(=O)O. The van der Waals surface area contributed by atoms with Gasteiger partial charge in [0.1, 0.15) is 22.9 Å². The average molecular weight is 959 g/mol. The van der Waals surface area contributed by atoms with Gasteiger partial charge in [0.2, 0.25) is 17.8 Å². The molecule has 4 aromatic carbocycles. The fourth-order valence-corrected chi connectivity index (χ4v) is 6.46. The molecule has 1 aromatic heterocycles. The van der Waals surface area contributed by atoms with Gasteiger partial charge in [-0.15, -0.1) is 10.2 Å². The zero-order valence-electron chi connectivity index (χ0n) is 35.9. The van der Waals surface area contributed by atoms with E-state index in [1.807, 2.05) is 0 Å². The number of aromatic nitrogens is 3. The molecule has 0 saturated heterocycles. The maximum Gasteiger partial charge on any atom is 0.337 e. The van der Waals surface area contributed by atoms with Crippen LogP contribution in [0, 0.1) is 13.8 Å². The number of aryl methyl sites for hydroxylation is 2. The molecule has 0 aliphatic carbocycles. The quantitative estimate of drug-likeness (QED) is 0.0121. The highest BCUT2D eigenvalue weighted by Crippen LogP contribution is 2.38. The Morgan fingerprint density at radius 3 is 1.62 bits per heavy atom. The zero-order chi connectivity index (χ0) is 49.7. The number of unbranched alkanes of at least 4 members (excludes halogenated alkanes) is 2. The van der Waals surface area contributed by atoms with Gasteiger partial charge in [0, 0.05) is 25.1 Å². The molecule has 0 radical (unpaired) electrons. The normalized spacial score (nSPS) is 11.4. The molecule has 0 aliphatic heterocycles. The third kappa shape index (κ3) is 14.4. The third-order valence-electron chi connectivity index (χ3n) is 9.38. The summed E-state index contributed by atoms with van der Waals surface area (Å²) in [5.74, 6) is -7.59. The highest BCUT2D eigenvalue weighted by atomic mass is 32.2. The van der Waals surface area contributed by atoms with Crippen LogP contribution in [0.25, 0.3) is 0 Å². The highest BCUT2D eigenvalue weighted by Gasteiger charge is 2.19. The number of nitrogens with one attached hydrogen (secondary N) is 3. The minimum absolute atomic E-state index is 0.0123. The van der Waals surface area contributed by atoms with E-state index in [0.717, 1.165) is 36.4 Å². The van der Waals surface area contributed by atoms with E-state index in [4.69, 9.17) is 9.84 Å². The van der Waals surface area contributed by atoms with Gasteiger partial charge in [-0.25, -0.2) is 19.2 Å². The highest BCUT2D eigenvalue weighted by molar-refractivity contribution is 7.85. The van der Waals surface area contributed by atoms with Crippen molar-refractivity contribution in [2.75, 3.05) is 34.9 Å². The van der Waals surface area contributed by atoms with E-state index in [1.165, 1.54) is 24.3 Å². The second-order valence-corrected chi connectivity index (χ2v) is 16.1. The summed E-state index contributed by atoms with van der Waals surface area (Å²) in [6.07, 6.45) is 1.34. The molecule has 0 unspecified atom stereocenters. The van der Waals surface area contributed by atoms with Crippen molar-refractivity contribution in [3.05, 3.63) is 94.0 Å². The van der Waals surface area contributed by atoms with Crippen LogP contribution in [0.1, 0.15) is 84.7 Å². The summed E-state index contributed by atoms with van der Waals surface area (Å²) in [7, 11) is -4.35. The predicted octanol–water partition coefficient (Wildman–Crippen LogP) is 8.02. The number of aliphatic carboxylic acids is 1. The van der Waals surface area contributed by atoms with Gasteiger partial charge < -0.3 is 51.3 Å². The lowest BCUT2D eigenvalue weighted by Crippen LogP contribution is -2.12. The first-order valence-electron chi connectivity index (χ1n) is 20.0. The Labute approximate surface area is 385 Å². The molecule has 0 bridgehead atoms. The maximum atomic E-state index is 11.9. The molecular weight excluding hydrogens is 917 g/mol. The number of benzene rings is 4. The van der Waals surface area contributed by atoms with Crippen LogP contribution >= 0.6 is 0 Å². The Morgan fingerprint density at radius 2 is 1.10 bits per heavy atom. The molecule has 26 heteroatoms. The zero-order valence-corrected chi connectivity index (χ0v) is 36.7. The Bertz CT molecular complexity index is 2950. The number of aromatic carboxylic acids is 4. The molecular formula is C42H42N10O15S. The van der Waals surface area contributed by atoms with Crippen LogP contribution in [0.15, 0.2) is 81.1 Å². The largest absolute Gasteiger partial charge is 0.506 e. The monoisotopic (exact) mass is 958 g/mol. The third-order valence-corrected chi connectivity index (χ3v) is 10.2. The molecule has 0 spiro atoms. The summed E-state index contributed by atoms with van der Waals surface area (Å²) in [6.45, 7) is 3.26. The lowest BCUT2D eigenvalue weighted by molar-refractivity contribution is -0.137. The Morgan fingerprint density at radius 1 is 0.603 bits per heavy atom. The fraction of sp³-hybridized carbons (Fsp3) is 0.238. The summed E-state index contributed by atoms with van der Waals surface area (Å²) in [5.41, 5.74) is -0.366. The van der Waals surface area contributed by atoms with Gasteiger partial charge in [0.05, 0.1) is 57.4 Å². The van der Waals surface area contributed by atoms with Gasteiger partial charge in [-0.3, -0.25) is 9.35 Å². The molecule has 68 heavy (non-hydrogen) atoms. The molecule has 1 heterocycles. The van der Waals surface area contributed by atoms with Gasteiger partial charge in [-0.1, -0.05) is 6.42 Å². The minimum atomic E-state index is -4.35. The summed E-state index contributed by atoms with van der Waals surface area (Å²) in [4.78, 5) is 71.0. The molecule has 0 aliphatic rings. The summed E-state index contributed by atoms with van der Waals surface area (Å²) >= 11 is 0. The van der Waals surface area contributed by atoms with E-state index in [1.54, 1.807) is 13.8 Å². The second kappa shape index (κ2) is 22.5. The first-order chi connectivity index (χ1) is 32.2. The van der Waals surface area contributed by atoms with Crippen LogP contribution in [0.5, 0.6) is 11.5 Å². The lowest BCUT2D eigenvalue weighted by atomic mass is 10.1. The van der Waals surface area contributed by atoms with E-state index in [0.29, 0.717) is 36.9 Å². The molecule has 356 valence electrons. The number of carboxylic acid groups (broad SMARTS) is 5. The number of carbonyl (C=O) groups is 5. The number of nitrogens with zero attached hydrogens (tertiary/aromatic N) is 7. The van der Waals surface area contributed by atoms with E-state index in [2.05, 4.69) is 51.4 Å². The van der Waals surface area contributed by atoms with Crippen molar-refractivity contribution < 1.29 is 72.3 Å². The Kier molecular flexibility index (Phi) is 16.7. The molecule has 0 fully saturated rings. The number of aromatic hydroxyl groups is 1.